The monoisotopic (exact) mass is 454 g/mol. The largest absolute Gasteiger partial charge is 0.393 e. The molecule has 182 valence electrons. The van der Waals surface area contributed by atoms with Crippen molar-refractivity contribution < 1.29 is 20.1 Å². The van der Waals surface area contributed by atoms with Crippen LogP contribution in [0, 0.1) is 34.5 Å². The number of aliphatic hydroxyl groups is 3. The zero-order valence-corrected chi connectivity index (χ0v) is 21.0. The Labute approximate surface area is 199 Å². The van der Waals surface area contributed by atoms with Gasteiger partial charge in [0.15, 0.2) is 0 Å². The van der Waals surface area contributed by atoms with Crippen molar-refractivity contribution >= 4 is 0 Å². The molecule has 4 aliphatic carbocycles. The molecular formula is C29H42O4. The molecule has 2 saturated carbocycles. The highest BCUT2D eigenvalue weighted by atomic mass is 16.5. The van der Waals surface area contributed by atoms with E-state index in [1.807, 2.05) is 13.8 Å². The molecule has 0 radical (unpaired) electrons. The van der Waals surface area contributed by atoms with E-state index in [0.29, 0.717) is 44.1 Å². The summed E-state index contributed by atoms with van der Waals surface area (Å²) in [6.07, 6.45) is 11.5. The van der Waals surface area contributed by atoms with Crippen molar-refractivity contribution in [3.05, 3.63) is 34.9 Å². The zero-order chi connectivity index (χ0) is 24.0. The summed E-state index contributed by atoms with van der Waals surface area (Å²) < 4.78 is 6.14. The smallest absolute Gasteiger partial charge is 0.125 e. The van der Waals surface area contributed by atoms with Crippen LogP contribution in [0.4, 0.5) is 0 Å². The van der Waals surface area contributed by atoms with Gasteiger partial charge in [-0.05, 0) is 68.3 Å². The minimum absolute atomic E-state index is 0.0107. The Morgan fingerprint density at radius 2 is 1.91 bits per heavy atom. The second-order valence-electron chi connectivity index (χ2n) is 11.2. The second kappa shape index (κ2) is 9.00. The van der Waals surface area contributed by atoms with Gasteiger partial charge in [-0.15, -0.1) is 0 Å². The average molecular weight is 455 g/mol. The van der Waals surface area contributed by atoms with Crippen molar-refractivity contribution in [1.82, 2.24) is 0 Å². The van der Waals surface area contributed by atoms with Crippen molar-refractivity contribution in [2.45, 2.75) is 103 Å². The number of ether oxygens (including phenoxy) is 1. The van der Waals surface area contributed by atoms with Crippen molar-refractivity contribution in [3.63, 3.8) is 0 Å². The summed E-state index contributed by atoms with van der Waals surface area (Å²) >= 11 is 0. The molecular weight excluding hydrogens is 412 g/mol. The van der Waals surface area contributed by atoms with Gasteiger partial charge in [0, 0.05) is 11.8 Å². The van der Waals surface area contributed by atoms with Gasteiger partial charge in [-0.3, -0.25) is 0 Å². The fourth-order valence-corrected chi connectivity index (χ4v) is 7.18. The van der Waals surface area contributed by atoms with Gasteiger partial charge < -0.3 is 20.1 Å². The summed E-state index contributed by atoms with van der Waals surface area (Å²) in [4.78, 5) is 0. The number of aliphatic hydroxyl groups excluding tert-OH is 2. The van der Waals surface area contributed by atoms with Gasteiger partial charge in [0.25, 0.3) is 0 Å². The van der Waals surface area contributed by atoms with E-state index in [4.69, 9.17) is 4.74 Å². The lowest BCUT2D eigenvalue weighted by Gasteiger charge is -2.56. The fraction of sp³-hybridized carbons (Fsp3) is 0.724. The van der Waals surface area contributed by atoms with Crippen molar-refractivity contribution in [2.75, 3.05) is 6.61 Å². The summed E-state index contributed by atoms with van der Waals surface area (Å²) in [6.45, 7) is 11.0. The standard InChI is InChI=1S/C29H42O4/c1-6-29(32,7-2)14-8-16-33-19(3)23-11-12-24-22-10-9-20-17-21(30)18-26(31)28(20,5)25(22)13-15-27(23,24)4/h9-11,19,21,24-26,30-32H,6-7,12-13,15-18H2,1-5H3/t19?,21-,24+,25+,26+,27-,28+/m1/s1. The van der Waals surface area contributed by atoms with Crippen molar-refractivity contribution in [1.29, 1.82) is 0 Å². The van der Waals surface area contributed by atoms with Crippen LogP contribution in [0.5, 0.6) is 0 Å². The van der Waals surface area contributed by atoms with Crippen LogP contribution in [0.25, 0.3) is 0 Å². The molecule has 4 nitrogen and oxygen atoms in total. The lowest BCUT2D eigenvalue weighted by molar-refractivity contribution is -0.0499. The first-order chi connectivity index (χ1) is 15.6. The van der Waals surface area contributed by atoms with Crippen LogP contribution < -0.4 is 0 Å². The van der Waals surface area contributed by atoms with E-state index in [1.54, 1.807) is 0 Å². The second-order valence-corrected chi connectivity index (χ2v) is 11.2. The van der Waals surface area contributed by atoms with E-state index in [9.17, 15) is 15.3 Å². The Bertz CT molecular complexity index is 914. The molecule has 0 heterocycles. The minimum atomic E-state index is -0.912. The molecule has 4 aliphatic rings. The molecule has 2 fully saturated rings. The normalized spacial score (nSPS) is 38.6. The molecule has 1 unspecified atom stereocenters. The SMILES string of the molecule is CCC(O)(C#CCOC(C)C1=CC[C@H]2C3=CC=C4C[C@@H](O)C[C@H](O)[C@]4(C)[C@H]3CC[C@]12C)CC. The summed E-state index contributed by atoms with van der Waals surface area (Å²) in [5, 5.41) is 31.6. The maximum absolute atomic E-state index is 11.0. The van der Waals surface area contributed by atoms with Crippen molar-refractivity contribution in [2.24, 2.45) is 22.7 Å². The Morgan fingerprint density at radius 3 is 2.61 bits per heavy atom. The molecule has 3 N–H and O–H groups in total. The molecule has 0 aromatic rings. The van der Waals surface area contributed by atoms with Crippen LogP contribution in [0.1, 0.15) is 79.6 Å². The predicted molar refractivity (Wildman–Crippen MR) is 131 cm³/mol. The maximum Gasteiger partial charge on any atom is 0.125 e. The fourth-order valence-electron chi connectivity index (χ4n) is 7.18. The Morgan fingerprint density at radius 1 is 1.18 bits per heavy atom. The van der Waals surface area contributed by atoms with Gasteiger partial charge in [-0.25, -0.2) is 0 Å². The quantitative estimate of drug-likeness (QED) is 0.416. The Balaban J connectivity index is 1.49. The number of fused-ring (bicyclic) bond motifs is 5. The summed E-state index contributed by atoms with van der Waals surface area (Å²) in [5.74, 6) is 6.80. The average Bonchev–Trinajstić information content (AvgIpc) is 3.15. The topological polar surface area (TPSA) is 69.9 Å². The van der Waals surface area contributed by atoms with E-state index >= 15 is 0 Å². The van der Waals surface area contributed by atoms with Crippen LogP contribution >= 0.6 is 0 Å². The summed E-state index contributed by atoms with van der Waals surface area (Å²) in [5.41, 5.74) is 2.94. The highest BCUT2D eigenvalue weighted by Gasteiger charge is 2.57. The molecule has 0 spiro atoms. The molecule has 7 atom stereocenters. The molecule has 0 aromatic carbocycles. The molecule has 4 rings (SSSR count). The third kappa shape index (κ3) is 4.06. The first kappa shape index (κ1) is 24.7. The lowest BCUT2D eigenvalue weighted by atomic mass is 9.49. The molecule has 0 aliphatic heterocycles. The van der Waals surface area contributed by atoms with Crippen LogP contribution in [-0.4, -0.2) is 45.8 Å². The summed E-state index contributed by atoms with van der Waals surface area (Å²) in [6, 6.07) is 0. The number of hydrogen-bond donors (Lipinski definition) is 3. The lowest BCUT2D eigenvalue weighted by Crippen LogP contribution is -2.52. The molecule has 0 amide bonds. The van der Waals surface area contributed by atoms with E-state index in [2.05, 4.69) is 50.8 Å². The molecule has 0 saturated heterocycles. The number of hydrogen-bond acceptors (Lipinski definition) is 4. The third-order valence-corrected chi connectivity index (χ3v) is 9.63. The zero-order valence-electron chi connectivity index (χ0n) is 21.0. The molecule has 0 bridgehead atoms. The predicted octanol–water partition coefficient (Wildman–Crippen LogP) is 4.70. The van der Waals surface area contributed by atoms with Gasteiger partial charge in [0.1, 0.15) is 12.2 Å². The van der Waals surface area contributed by atoms with Crippen LogP contribution in [0.2, 0.25) is 0 Å². The Hall–Kier alpha value is -1.38. The van der Waals surface area contributed by atoms with E-state index < -0.39 is 17.8 Å². The van der Waals surface area contributed by atoms with Gasteiger partial charge >= 0.3 is 0 Å². The minimum Gasteiger partial charge on any atom is -0.393 e. The van der Waals surface area contributed by atoms with Crippen molar-refractivity contribution in [3.8, 4) is 11.8 Å². The van der Waals surface area contributed by atoms with E-state index in [-0.39, 0.29) is 16.9 Å². The van der Waals surface area contributed by atoms with Gasteiger partial charge in [-0.2, -0.15) is 0 Å². The molecule has 33 heavy (non-hydrogen) atoms. The van der Waals surface area contributed by atoms with E-state index in [0.717, 1.165) is 19.3 Å². The van der Waals surface area contributed by atoms with Gasteiger partial charge in [-0.1, -0.05) is 68.9 Å². The van der Waals surface area contributed by atoms with Crippen LogP contribution in [-0.2, 0) is 4.74 Å². The summed E-state index contributed by atoms with van der Waals surface area (Å²) in [7, 11) is 0. The first-order valence-electron chi connectivity index (χ1n) is 12.9. The van der Waals surface area contributed by atoms with Crippen LogP contribution in [0.15, 0.2) is 34.9 Å². The van der Waals surface area contributed by atoms with Crippen LogP contribution in [0.3, 0.4) is 0 Å². The third-order valence-electron chi connectivity index (χ3n) is 9.63. The molecule has 4 heteroatoms. The number of allylic oxidation sites excluding steroid dienone is 4. The Kier molecular flexibility index (Phi) is 6.75. The van der Waals surface area contributed by atoms with Gasteiger partial charge in [0.05, 0.1) is 18.3 Å². The highest BCUT2D eigenvalue weighted by Crippen LogP contribution is 2.64. The first-order valence-corrected chi connectivity index (χ1v) is 12.9. The van der Waals surface area contributed by atoms with Gasteiger partial charge in [0.2, 0.25) is 0 Å². The maximum atomic E-state index is 11.0. The number of rotatable bonds is 5. The molecule has 0 aromatic heterocycles. The highest BCUT2D eigenvalue weighted by molar-refractivity contribution is 5.43. The van der Waals surface area contributed by atoms with E-state index in [1.165, 1.54) is 16.7 Å².